The zero-order chi connectivity index (χ0) is 9.42. The van der Waals surface area contributed by atoms with Crippen molar-refractivity contribution in [1.82, 2.24) is 9.97 Å². The molecule has 0 unspecified atom stereocenters. The molecule has 2 aromatic rings. The van der Waals surface area contributed by atoms with E-state index < -0.39 is 0 Å². The van der Waals surface area contributed by atoms with Gasteiger partial charge in [-0.1, -0.05) is 6.07 Å². The first-order valence-electron chi connectivity index (χ1n) is 3.69. The summed E-state index contributed by atoms with van der Waals surface area (Å²) in [6, 6.07) is 4.92. The highest BCUT2D eigenvalue weighted by molar-refractivity contribution is 5.92. The van der Waals surface area contributed by atoms with Gasteiger partial charge in [0, 0.05) is 5.39 Å². The first-order valence-corrected chi connectivity index (χ1v) is 3.69. The highest BCUT2D eigenvalue weighted by Gasteiger charge is 2.05. The van der Waals surface area contributed by atoms with Gasteiger partial charge < -0.3 is 16.6 Å². The molecular formula is C8H8N4O. The molecule has 0 bridgehead atoms. The number of nitrogens with two attached hydrogens (primary N) is 2. The van der Waals surface area contributed by atoms with E-state index >= 15 is 0 Å². The van der Waals surface area contributed by atoms with Crippen LogP contribution in [0.1, 0.15) is 0 Å². The molecule has 1 aromatic heterocycles. The monoisotopic (exact) mass is 176 g/mol. The summed E-state index contributed by atoms with van der Waals surface area (Å²) in [5.41, 5.74) is 11.3. The minimum Gasteiger partial charge on any atom is -0.506 e. The topological polar surface area (TPSA) is 98.0 Å². The molecule has 2 rings (SSSR count). The molecule has 0 spiro atoms. The number of benzene rings is 1. The number of nitrogen functional groups attached to an aromatic ring is 2. The summed E-state index contributed by atoms with van der Waals surface area (Å²) in [5.74, 6) is 0.392. The lowest BCUT2D eigenvalue weighted by molar-refractivity contribution is 0.480. The zero-order valence-corrected chi connectivity index (χ0v) is 6.73. The molecule has 5 heteroatoms. The molecule has 1 aromatic carbocycles. The largest absolute Gasteiger partial charge is 0.506 e. The molecule has 0 atom stereocenters. The van der Waals surface area contributed by atoms with E-state index in [0.29, 0.717) is 10.9 Å². The Labute approximate surface area is 74.0 Å². The molecule has 66 valence electrons. The highest BCUT2D eigenvalue weighted by atomic mass is 16.3. The Bertz CT molecular complexity index is 469. The van der Waals surface area contributed by atoms with Crippen LogP contribution in [0.3, 0.4) is 0 Å². The maximum absolute atomic E-state index is 9.42. The van der Waals surface area contributed by atoms with E-state index in [1.54, 1.807) is 12.1 Å². The third-order valence-electron chi connectivity index (χ3n) is 1.75. The van der Waals surface area contributed by atoms with Gasteiger partial charge in [-0.15, -0.1) is 0 Å². The maximum Gasteiger partial charge on any atom is 0.222 e. The number of nitrogens with zero attached hydrogens (tertiary/aromatic N) is 2. The molecule has 1 heterocycles. The second-order valence-electron chi connectivity index (χ2n) is 2.64. The van der Waals surface area contributed by atoms with E-state index in [1.165, 1.54) is 6.07 Å². The van der Waals surface area contributed by atoms with Crippen molar-refractivity contribution >= 4 is 22.7 Å². The Balaban J connectivity index is 2.94. The van der Waals surface area contributed by atoms with Crippen molar-refractivity contribution in [2.24, 2.45) is 0 Å². The van der Waals surface area contributed by atoms with Gasteiger partial charge in [-0.05, 0) is 12.1 Å². The van der Waals surface area contributed by atoms with Crippen molar-refractivity contribution < 1.29 is 5.11 Å². The van der Waals surface area contributed by atoms with Crippen LogP contribution in [-0.2, 0) is 0 Å². The lowest BCUT2D eigenvalue weighted by atomic mass is 10.2. The predicted octanol–water partition coefficient (Wildman–Crippen LogP) is 0.500. The number of anilines is 2. The first-order chi connectivity index (χ1) is 6.18. The number of aromatic nitrogens is 2. The minimum absolute atomic E-state index is 0.0540. The SMILES string of the molecule is Nc1nc(N)c2cccc(O)c2n1. The number of phenolic OH excluding ortho intramolecular Hbond substituents is 1. The molecule has 0 radical (unpaired) electrons. The third kappa shape index (κ3) is 1.10. The fraction of sp³-hybridized carbons (Fsp3) is 0. The Hall–Kier alpha value is -2.04. The summed E-state index contributed by atoms with van der Waals surface area (Å²) in [7, 11) is 0. The lowest BCUT2D eigenvalue weighted by Crippen LogP contribution is -2.00. The van der Waals surface area contributed by atoms with E-state index in [2.05, 4.69) is 9.97 Å². The molecule has 0 saturated heterocycles. The van der Waals surface area contributed by atoms with Crippen LogP contribution in [0, 0.1) is 0 Å². The van der Waals surface area contributed by atoms with Crippen molar-refractivity contribution in [2.75, 3.05) is 11.5 Å². The molecule has 0 saturated carbocycles. The molecule has 0 amide bonds. The Kier molecular flexibility index (Phi) is 1.45. The van der Waals surface area contributed by atoms with Crippen LogP contribution in [0.15, 0.2) is 18.2 Å². The summed E-state index contributed by atoms with van der Waals surface area (Å²) in [4.78, 5) is 7.65. The van der Waals surface area contributed by atoms with Crippen molar-refractivity contribution in [1.29, 1.82) is 0 Å². The summed E-state index contributed by atoms with van der Waals surface area (Å²) in [6.07, 6.45) is 0. The summed E-state index contributed by atoms with van der Waals surface area (Å²) in [5, 5.41) is 10.0. The molecular weight excluding hydrogens is 168 g/mol. The number of rotatable bonds is 0. The highest BCUT2D eigenvalue weighted by Crippen LogP contribution is 2.25. The van der Waals surface area contributed by atoms with Crippen LogP contribution in [0.4, 0.5) is 11.8 Å². The first kappa shape index (κ1) is 7.60. The fourth-order valence-electron chi connectivity index (χ4n) is 1.18. The quantitative estimate of drug-likeness (QED) is 0.543. The van der Waals surface area contributed by atoms with Crippen LogP contribution in [0.5, 0.6) is 5.75 Å². The van der Waals surface area contributed by atoms with E-state index in [1.807, 2.05) is 0 Å². The number of aromatic hydroxyl groups is 1. The number of para-hydroxylation sites is 1. The number of hydrogen-bond acceptors (Lipinski definition) is 5. The number of hydrogen-bond donors (Lipinski definition) is 3. The smallest absolute Gasteiger partial charge is 0.222 e. The zero-order valence-electron chi connectivity index (χ0n) is 6.73. The van der Waals surface area contributed by atoms with E-state index in [-0.39, 0.29) is 17.5 Å². The third-order valence-corrected chi connectivity index (χ3v) is 1.75. The van der Waals surface area contributed by atoms with E-state index in [4.69, 9.17) is 11.5 Å². The average Bonchev–Trinajstić information content (AvgIpc) is 2.07. The molecule has 0 aliphatic rings. The Morgan fingerprint density at radius 3 is 2.69 bits per heavy atom. The summed E-state index contributed by atoms with van der Waals surface area (Å²) < 4.78 is 0. The summed E-state index contributed by atoms with van der Waals surface area (Å²) >= 11 is 0. The summed E-state index contributed by atoms with van der Waals surface area (Å²) in [6.45, 7) is 0. The number of phenols is 1. The normalized spacial score (nSPS) is 10.5. The van der Waals surface area contributed by atoms with Crippen molar-refractivity contribution in [3.05, 3.63) is 18.2 Å². The molecule has 0 aliphatic carbocycles. The standard InChI is InChI=1S/C8H8N4O/c9-7-4-2-1-3-5(13)6(4)11-8(10)12-7/h1-3,13H,(H4,9,10,11,12). The molecule has 0 aliphatic heterocycles. The molecule has 5 nitrogen and oxygen atoms in total. The average molecular weight is 176 g/mol. The van der Waals surface area contributed by atoms with Gasteiger partial charge in [-0.3, -0.25) is 0 Å². The van der Waals surface area contributed by atoms with Crippen molar-refractivity contribution in [3.8, 4) is 5.75 Å². The van der Waals surface area contributed by atoms with E-state index in [9.17, 15) is 5.11 Å². The van der Waals surface area contributed by atoms with E-state index in [0.717, 1.165) is 0 Å². The van der Waals surface area contributed by atoms with Gasteiger partial charge in [-0.25, -0.2) is 4.98 Å². The number of fused-ring (bicyclic) bond motifs is 1. The van der Waals surface area contributed by atoms with Crippen LogP contribution < -0.4 is 11.5 Å². The van der Waals surface area contributed by atoms with Crippen LogP contribution >= 0.6 is 0 Å². The van der Waals surface area contributed by atoms with Gasteiger partial charge in [0.25, 0.3) is 0 Å². The van der Waals surface area contributed by atoms with Gasteiger partial charge in [0.15, 0.2) is 0 Å². The van der Waals surface area contributed by atoms with Crippen LogP contribution in [-0.4, -0.2) is 15.1 Å². The molecule has 0 fully saturated rings. The maximum atomic E-state index is 9.42. The van der Waals surface area contributed by atoms with Gasteiger partial charge in [0.2, 0.25) is 5.95 Å². The van der Waals surface area contributed by atoms with Crippen LogP contribution in [0.25, 0.3) is 10.9 Å². The van der Waals surface area contributed by atoms with Gasteiger partial charge in [-0.2, -0.15) is 4.98 Å². The lowest BCUT2D eigenvalue weighted by Gasteiger charge is -2.02. The second-order valence-corrected chi connectivity index (χ2v) is 2.64. The van der Waals surface area contributed by atoms with Gasteiger partial charge in [0.1, 0.15) is 17.1 Å². The van der Waals surface area contributed by atoms with Gasteiger partial charge >= 0.3 is 0 Å². The van der Waals surface area contributed by atoms with Crippen LogP contribution in [0.2, 0.25) is 0 Å². The second kappa shape index (κ2) is 2.48. The fourth-order valence-corrected chi connectivity index (χ4v) is 1.18. The van der Waals surface area contributed by atoms with Crippen molar-refractivity contribution in [3.63, 3.8) is 0 Å². The van der Waals surface area contributed by atoms with Crippen molar-refractivity contribution in [2.45, 2.75) is 0 Å². The Morgan fingerprint density at radius 2 is 1.92 bits per heavy atom. The van der Waals surface area contributed by atoms with Gasteiger partial charge in [0.05, 0.1) is 0 Å². The predicted molar refractivity (Wildman–Crippen MR) is 50.0 cm³/mol. The Morgan fingerprint density at radius 1 is 1.15 bits per heavy atom. The molecule has 5 N–H and O–H groups in total. The minimum atomic E-state index is 0.0540. The molecule has 13 heavy (non-hydrogen) atoms.